The number of ether oxygens (including phenoxy) is 1. The van der Waals surface area contributed by atoms with E-state index in [2.05, 4.69) is 55.6 Å². The quantitative estimate of drug-likeness (QED) is 0.0321. The Kier molecular flexibility index (Phi) is 53.6. The molecule has 6 nitrogen and oxygen atoms in total. The van der Waals surface area contributed by atoms with E-state index in [0.29, 0.717) is 19.4 Å². The van der Waals surface area contributed by atoms with Crippen LogP contribution in [0, 0.1) is 0 Å². The predicted molar refractivity (Wildman–Crippen MR) is 287 cm³/mol. The summed E-state index contributed by atoms with van der Waals surface area (Å²) in [5.41, 5.74) is 0. The van der Waals surface area contributed by atoms with E-state index in [1.165, 1.54) is 212 Å². The zero-order chi connectivity index (χ0) is 47.9. The maximum Gasteiger partial charge on any atom is 0.305 e. The number of carbonyl (C=O) groups is 2. The molecule has 3 N–H and O–H groups in total. The van der Waals surface area contributed by atoms with Gasteiger partial charge in [0.05, 0.1) is 25.4 Å². The Labute approximate surface area is 410 Å². The van der Waals surface area contributed by atoms with Crippen LogP contribution < -0.4 is 5.32 Å². The first-order valence-corrected chi connectivity index (χ1v) is 28.9. The summed E-state index contributed by atoms with van der Waals surface area (Å²) in [6.07, 6.45) is 70.0. The normalized spacial score (nSPS) is 13.0. The van der Waals surface area contributed by atoms with E-state index in [1.807, 2.05) is 6.08 Å². The van der Waals surface area contributed by atoms with Crippen LogP contribution in [0.25, 0.3) is 0 Å². The molecule has 386 valence electrons. The second-order valence-corrected chi connectivity index (χ2v) is 19.6. The van der Waals surface area contributed by atoms with Crippen LogP contribution in [0.2, 0.25) is 0 Å². The third kappa shape index (κ3) is 51.2. The highest BCUT2D eigenvalue weighted by molar-refractivity contribution is 5.76. The monoisotopic (exact) mass is 926 g/mol. The lowest BCUT2D eigenvalue weighted by atomic mass is 10.0. The van der Waals surface area contributed by atoms with Gasteiger partial charge in [0.2, 0.25) is 5.91 Å². The van der Waals surface area contributed by atoms with Gasteiger partial charge < -0.3 is 20.3 Å². The standard InChI is InChI=1S/C60H111NO5/c1-3-5-7-9-11-13-14-15-16-17-25-28-31-34-38-42-46-50-54-60(65)66-55-51-47-43-39-35-32-29-26-23-21-19-18-20-22-24-27-30-33-37-41-45-49-53-59(64)61-57(56-62)58(63)52-48-44-40-36-12-10-8-6-4-2/h13-14,16-17,20,22,48,52,57-58,62-63H,3-12,15,18-19,21,23-47,49-51,53-56H2,1-2H3,(H,61,64)/b14-13-,17-16-,22-20-,52-48+. The molecule has 6 heteroatoms. The number of unbranched alkanes of at least 4 members (excludes halogenated alkanes) is 36. The number of aliphatic hydroxyl groups excluding tert-OH is 2. The van der Waals surface area contributed by atoms with Crippen LogP contribution >= 0.6 is 0 Å². The van der Waals surface area contributed by atoms with Crippen molar-refractivity contribution < 1.29 is 24.5 Å². The summed E-state index contributed by atoms with van der Waals surface area (Å²) in [5, 5.41) is 22.9. The maximum absolute atomic E-state index is 12.4. The predicted octanol–water partition coefficient (Wildman–Crippen LogP) is 17.8. The van der Waals surface area contributed by atoms with Gasteiger partial charge in [-0.3, -0.25) is 9.59 Å². The Balaban J connectivity index is 3.41. The number of carbonyl (C=O) groups excluding carboxylic acids is 2. The molecule has 1 amide bonds. The zero-order valence-corrected chi connectivity index (χ0v) is 43.9. The van der Waals surface area contributed by atoms with Gasteiger partial charge >= 0.3 is 5.97 Å². The van der Waals surface area contributed by atoms with Crippen molar-refractivity contribution in [2.45, 2.75) is 309 Å². The zero-order valence-electron chi connectivity index (χ0n) is 43.9. The van der Waals surface area contributed by atoms with E-state index in [-0.39, 0.29) is 18.5 Å². The van der Waals surface area contributed by atoms with Crippen molar-refractivity contribution in [3.05, 3.63) is 48.6 Å². The highest BCUT2D eigenvalue weighted by Gasteiger charge is 2.18. The molecule has 0 heterocycles. The van der Waals surface area contributed by atoms with Crippen molar-refractivity contribution in [3.63, 3.8) is 0 Å². The minimum absolute atomic E-state index is 0.00129. The average molecular weight is 927 g/mol. The van der Waals surface area contributed by atoms with Crippen LogP contribution in [0.4, 0.5) is 0 Å². The molecule has 66 heavy (non-hydrogen) atoms. The minimum Gasteiger partial charge on any atom is -0.466 e. The second-order valence-electron chi connectivity index (χ2n) is 19.6. The molecule has 0 saturated heterocycles. The maximum atomic E-state index is 12.4. The van der Waals surface area contributed by atoms with Gasteiger partial charge in [-0.2, -0.15) is 0 Å². The molecule has 0 bridgehead atoms. The number of esters is 1. The number of aliphatic hydroxyl groups is 2. The van der Waals surface area contributed by atoms with Gasteiger partial charge in [0.1, 0.15) is 0 Å². The Morgan fingerprint density at radius 1 is 0.424 bits per heavy atom. The summed E-state index contributed by atoms with van der Waals surface area (Å²) in [6, 6.07) is -0.631. The number of nitrogens with one attached hydrogen (secondary N) is 1. The molecule has 0 aromatic carbocycles. The number of rotatable bonds is 53. The molecule has 2 unspecified atom stereocenters. The number of hydrogen-bond acceptors (Lipinski definition) is 5. The van der Waals surface area contributed by atoms with Gasteiger partial charge in [0.25, 0.3) is 0 Å². The van der Waals surface area contributed by atoms with Crippen molar-refractivity contribution in [1.82, 2.24) is 5.32 Å². The third-order valence-electron chi connectivity index (χ3n) is 13.1. The molecule has 0 fully saturated rings. The Bertz CT molecular complexity index is 1110. The number of hydrogen-bond donors (Lipinski definition) is 3. The van der Waals surface area contributed by atoms with E-state index < -0.39 is 12.1 Å². The van der Waals surface area contributed by atoms with Gasteiger partial charge in [-0.25, -0.2) is 0 Å². The van der Waals surface area contributed by atoms with Crippen LogP contribution in [0.15, 0.2) is 48.6 Å². The second kappa shape index (κ2) is 55.4. The lowest BCUT2D eigenvalue weighted by Gasteiger charge is -2.20. The molecule has 0 aliphatic rings. The fraction of sp³-hybridized carbons (Fsp3) is 0.833. The summed E-state index contributed by atoms with van der Waals surface area (Å²) >= 11 is 0. The summed E-state index contributed by atoms with van der Waals surface area (Å²) in [7, 11) is 0. The topological polar surface area (TPSA) is 95.9 Å². The molecule has 0 saturated carbocycles. The molecule has 2 atom stereocenters. The Hall–Kier alpha value is -2.18. The molecule has 0 aliphatic heterocycles. The van der Waals surface area contributed by atoms with Crippen molar-refractivity contribution in [1.29, 1.82) is 0 Å². The molecule has 0 spiro atoms. The minimum atomic E-state index is -0.847. The molecule has 0 aliphatic carbocycles. The Morgan fingerprint density at radius 3 is 1.18 bits per heavy atom. The van der Waals surface area contributed by atoms with Crippen LogP contribution in [0.3, 0.4) is 0 Å². The van der Waals surface area contributed by atoms with Crippen molar-refractivity contribution in [2.75, 3.05) is 13.2 Å². The van der Waals surface area contributed by atoms with Crippen LogP contribution in [0.1, 0.15) is 296 Å². The number of allylic oxidation sites excluding steroid dienone is 7. The largest absolute Gasteiger partial charge is 0.466 e. The third-order valence-corrected chi connectivity index (χ3v) is 13.1. The molecule has 0 aromatic rings. The van der Waals surface area contributed by atoms with Gasteiger partial charge in [-0.05, 0) is 89.9 Å². The highest BCUT2D eigenvalue weighted by atomic mass is 16.5. The van der Waals surface area contributed by atoms with E-state index >= 15 is 0 Å². The van der Waals surface area contributed by atoms with Crippen molar-refractivity contribution in [2.24, 2.45) is 0 Å². The summed E-state index contributed by atoms with van der Waals surface area (Å²) in [6.45, 7) is 4.85. The summed E-state index contributed by atoms with van der Waals surface area (Å²) < 4.78 is 5.48. The lowest BCUT2D eigenvalue weighted by Crippen LogP contribution is -2.45. The number of amides is 1. The smallest absolute Gasteiger partial charge is 0.305 e. The molecule has 0 radical (unpaired) electrons. The highest BCUT2D eigenvalue weighted by Crippen LogP contribution is 2.15. The van der Waals surface area contributed by atoms with Gasteiger partial charge in [-0.1, -0.05) is 242 Å². The first kappa shape index (κ1) is 63.8. The molecular weight excluding hydrogens is 815 g/mol. The van der Waals surface area contributed by atoms with E-state index in [4.69, 9.17) is 4.74 Å². The summed E-state index contributed by atoms with van der Waals surface area (Å²) in [5.74, 6) is -0.0772. The van der Waals surface area contributed by atoms with Crippen LogP contribution in [-0.4, -0.2) is 47.4 Å². The lowest BCUT2D eigenvalue weighted by molar-refractivity contribution is -0.143. The Morgan fingerprint density at radius 2 is 0.758 bits per heavy atom. The van der Waals surface area contributed by atoms with Gasteiger partial charge in [0, 0.05) is 12.8 Å². The van der Waals surface area contributed by atoms with Gasteiger partial charge in [-0.15, -0.1) is 0 Å². The van der Waals surface area contributed by atoms with Crippen LogP contribution in [0.5, 0.6) is 0 Å². The van der Waals surface area contributed by atoms with E-state index in [0.717, 1.165) is 57.8 Å². The first-order chi connectivity index (χ1) is 32.5. The molecule has 0 aromatic heterocycles. The fourth-order valence-electron chi connectivity index (χ4n) is 8.60. The van der Waals surface area contributed by atoms with E-state index in [9.17, 15) is 19.8 Å². The van der Waals surface area contributed by atoms with E-state index in [1.54, 1.807) is 6.08 Å². The molecular formula is C60H111NO5. The first-order valence-electron chi connectivity index (χ1n) is 28.9. The van der Waals surface area contributed by atoms with Gasteiger partial charge in [0.15, 0.2) is 0 Å². The average Bonchev–Trinajstić information content (AvgIpc) is 3.32. The summed E-state index contributed by atoms with van der Waals surface area (Å²) in [4.78, 5) is 24.4. The SMILES string of the molecule is CCCCCC/C=C\C/C=C\CCCCCCCCCC(=O)OCCCCCCCCCCCCC/C=C\CCCCCCCCCC(=O)NC(CO)C(O)/C=C/CCCCCCCCC. The van der Waals surface area contributed by atoms with Crippen LogP contribution in [-0.2, 0) is 14.3 Å². The van der Waals surface area contributed by atoms with Crippen molar-refractivity contribution >= 4 is 11.9 Å². The van der Waals surface area contributed by atoms with Crippen molar-refractivity contribution in [3.8, 4) is 0 Å². The fourth-order valence-corrected chi connectivity index (χ4v) is 8.60. The molecule has 0 rings (SSSR count).